The first-order valence-corrected chi connectivity index (χ1v) is 9.52. The Kier molecular flexibility index (Phi) is 7.36. The number of amides is 1. The van der Waals surface area contributed by atoms with Crippen LogP contribution in [0.5, 0.6) is 0 Å². The summed E-state index contributed by atoms with van der Waals surface area (Å²) in [5, 5.41) is 6.03. The summed E-state index contributed by atoms with van der Waals surface area (Å²) >= 11 is 0. The van der Waals surface area contributed by atoms with Crippen LogP contribution in [0.4, 0.5) is 22.0 Å². The lowest BCUT2D eigenvalue weighted by atomic mass is 10.1. The number of aromatic nitrogens is 2. The Morgan fingerprint density at radius 3 is 2.45 bits per heavy atom. The van der Waals surface area contributed by atoms with Crippen molar-refractivity contribution in [2.45, 2.75) is 25.6 Å². The summed E-state index contributed by atoms with van der Waals surface area (Å²) in [5.41, 5.74) is -0.847. The maximum atomic E-state index is 13.5. The number of halogens is 5. The Morgan fingerprint density at radius 1 is 1.06 bits per heavy atom. The van der Waals surface area contributed by atoms with Gasteiger partial charge in [-0.05, 0) is 30.7 Å². The molecule has 33 heavy (non-hydrogen) atoms. The van der Waals surface area contributed by atoms with Crippen LogP contribution in [0, 0.1) is 11.6 Å². The van der Waals surface area contributed by atoms with Crippen LogP contribution in [0.25, 0.3) is 11.4 Å². The predicted molar refractivity (Wildman–Crippen MR) is 102 cm³/mol. The molecule has 0 saturated heterocycles. The van der Waals surface area contributed by atoms with Gasteiger partial charge in [0.15, 0.2) is 6.61 Å². The van der Waals surface area contributed by atoms with Crippen molar-refractivity contribution < 1.29 is 40.8 Å². The fraction of sp³-hybridized carbons (Fsp3) is 0.238. The van der Waals surface area contributed by atoms with Gasteiger partial charge < -0.3 is 14.6 Å². The summed E-state index contributed by atoms with van der Waals surface area (Å²) in [6, 6.07) is 6.70. The van der Waals surface area contributed by atoms with E-state index >= 15 is 0 Å². The normalized spacial score (nSPS) is 11.3. The fourth-order valence-corrected chi connectivity index (χ4v) is 2.66. The average Bonchev–Trinajstić information content (AvgIpc) is 3.24. The lowest BCUT2D eigenvalue weighted by Crippen LogP contribution is -2.26. The molecular formula is C21H16F5N3O4. The lowest BCUT2D eigenvalue weighted by Gasteiger charge is -2.06. The van der Waals surface area contributed by atoms with Crippen molar-refractivity contribution in [1.82, 2.24) is 15.5 Å². The summed E-state index contributed by atoms with van der Waals surface area (Å²) in [6.07, 6.45) is -4.35. The van der Waals surface area contributed by atoms with Crippen LogP contribution in [0.15, 0.2) is 47.0 Å². The number of benzene rings is 2. The molecular weight excluding hydrogens is 453 g/mol. The molecule has 1 amide bonds. The number of rotatable bonds is 8. The first-order chi connectivity index (χ1) is 15.6. The molecule has 0 aliphatic carbocycles. The Labute approximate surface area is 183 Å². The zero-order chi connectivity index (χ0) is 24.0. The molecule has 12 heteroatoms. The summed E-state index contributed by atoms with van der Waals surface area (Å²) < 4.78 is 74.1. The number of carbonyl (C=O) groups is 2. The minimum Gasteiger partial charge on any atom is -0.456 e. The molecule has 174 valence electrons. The van der Waals surface area contributed by atoms with Crippen molar-refractivity contribution in [2.75, 3.05) is 6.54 Å². The Balaban J connectivity index is 1.40. The molecule has 0 fully saturated rings. The second-order valence-corrected chi connectivity index (χ2v) is 6.73. The zero-order valence-corrected chi connectivity index (χ0v) is 16.8. The molecule has 2 aromatic carbocycles. The third-order valence-corrected chi connectivity index (χ3v) is 4.31. The Morgan fingerprint density at radius 2 is 1.79 bits per heavy atom. The van der Waals surface area contributed by atoms with Gasteiger partial charge in [0.25, 0.3) is 11.8 Å². The quantitative estimate of drug-likeness (QED) is 0.301. The minimum absolute atomic E-state index is 0.0329. The molecule has 0 aliphatic rings. The van der Waals surface area contributed by atoms with E-state index in [-0.39, 0.29) is 48.8 Å². The number of hydrogen-bond acceptors (Lipinski definition) is 6. The predicted octanol–water partition coefficient (Wildman–Crippen LogP) is 4.29. The first kappa shape index (κ1) is 23.8. The zero-order valence-electron chi connectivity index (χ0n) is 16.8. The molecule has 0 radical (unpaired) electrons. The van der Waals surface area contributed by atoms with Crippen LogP contribution in [-0.4, -0.2) is 28.6 Å². The maximum absolute atomic E-state index is 13.5. The van der Waals surface area contributed by atoms with Gasteiger partial charge in [0, 0.05) is 24.6 Å². The molecule has 0 atom stereocenters. The van der Waals surface area contributed by atoms with Gasteiger partial charge in [-0.15, -0.1) is 0 Å². The topological polar surface area (TPSA) is 94.3 Å². The molecule has 1 N–H and O–H groups in total. The van der Waals surface area contributed by atoms with E-state index in [9.17, 15) is 31.5 Å². The van der Waals surface area contributed by atoms with Gasteiger partial charge in [0.2, 0.25) is 5.82 Å². The van der Waals surface area contributed by atoms with Gasteiger partial charge >= 0.3 is 12.1 Å². The molecule has 0 bridgehead atoms. The molecule has 0 aliphatic heterocycles. The number of nitrogens with one attached hydrogen (secondary N) is 1. The van der Waals surface area contributed by atoms with E-state index in [1.54, 1.807) is 0 Å². The lowest BCUT2D eigenvalue weighted by molar-refractivity contribution is -0.145. The van der Waals surface area contributed by atoms with Crippen LogP contribution in [0.2, 0.25) is 0 Å². The van der Waals surface area contributed by atoms with E-state index in [0.717, 1.165) is 24.3 Å². The van der Waals surface area contributed by atoms with E-state index in [0.29, 0.717) is 6.07 Å². The van der Waals surface area contributed by atoms with Gasteiger partial charge in [-0.3, -0.25) is 9.59 Å². The van der Waals surface area contributed by atoms with Crippen LogP contribution in [0.3, 0.4) is 0 Å². The smallest absolute Gasteiger partial charge is 0.416 e. The third-order valence-electron chi connectivity index (χ3n) is 4.31. The van der Waals surface area contributed by atoms with E-state index in [4.69, 9.17) is 9.26 Å². The SMILES string of the molecule is O=C(CCCNC(=O)c1ccc(F)cc1F)OCc1nc(-c2ccc(C(F)(F)F)cc2)no1. The second kappa shape index (κ2) is 10.2. The highest BCUT2D eigenvalue weighted by atomic mass is 19.4. The van der Waals surface area contributed by atoms with Crippen LogP contribution < -0.4 is 5.32 Å². The van der Waals surface area contributed by atoms with Crippen molar-refractivity contribution in [3.05, 3.63) is 71.1 Å². The van der Waals surface area contributed by atoms with Crippen LogP contribution >= 0.6 is 0 Å². The van der Waals surface area contributed by atoms with Crippen molar-refractivity contribution in [3.63, 3.8) is 0 Å². The average molecular weight is 469 g/mol. The molecule has 1 heterocycles. The molecule has 0 spiro atoms. The Hall–Kier alpha value is -3.83. The number of nitrogens with zero attached hydrogens (tertiary/aromatic N) is 2. The first-order valence-electron chi connectivity index (χ1n) is 9.52. The highest BCUT2D eigenvalue weighted by molar-refractivity contribution is 5.94. The summed E-state index contributed by atoms with van der Waals surface area (Å²) in [7, 11) is 0. The van der Waals surface area contributed by atoms with Crippen molar-refractivity contribution >= 4 is 11.9 Å². The fourth-order valence-electron chi connectivity index (χ4n) is 2.66. The number of ether oxygens (including phenoxy) is 1. The third kappa shape index (κ3) is 6.57. The van der Waals surface area contributed by atoms with Crippen molar-refractivity contribution in [2.24, 2.45) is 0 Å². The number of carbonyl (C=O) groups excluding carboxylic acids is 2. The van der Waals surface area contributed by atoms with Crippen molar-refractivity contribution in [3.8, 4) is 11.4 Å². The molecule has 1 aromatic heterocycles. The summed E-state index contributed by atoms with van der Waals surface area (Å²) in [4.78, 5) is 27.6. The Bertz CT molecular complexity index is 1130. The van der Waals surface area contributed by atoms with Gasteiger partial charge in [0.05, 0.1) is 11.1 Å². The summed E-state index contributed by atoms with van der Waals surface area (Å²) in [6.45, 7) is -0.303. The van der Waals surface area contributed by atoms with E-state index in [2.05, 4.69) is 15.5 Å². The standard InChI is InChI=1S/C21H16F5N3O4/c22-14-7-8-15(16(23)10-14)20(31)27-9-1-2-18(30)32-11-17-28-19(29-33-17)12-3-5-13(6-4-12)21(24,25)26/h3-8,10H,1-2,9,11H2,(H,27,31). The van der Waals surface area contributed by atoms with Crippen molar-refractivity contribution in [1.29, 1.82) is 0 Å². The molecule has 0 saturated carbocycles. The molecule has 3 rings (SSSR count). The maximum Gasteiger partial charge on any atom is 0.416 e. The summed E-state index contributed by atoms with van der Waals surface area (Å²) in [5.74, 6) is -3.21. The van der Waals surface area contributed by atoms with E-state index < -0.39 is 35.3 Å². The van der Waals surface area contributed by atoms with Gasteiger partial charge in [-0.25, -0.2) is 8.78 Å². The highest BCUT2D eigenvalue weighted by Crippen LogP contribution is 2.30. The molecule has 3 aromatic rings. The minimum atomic E-state index is -4.46. The molecule has 0 unspecified atom stereocenters. The van der Waals surface area contributed by atoms with Crippen LogP contribution in [-0.2, 0) is 22.3 Å². The monoisotopic (exact) mass is 469 g/mol. The van der Waals surface area contributed by atoms with Gasteiger partial charge in [0.1, 0.15) is 11.6 Å². The van der Waals surface area contributed by atoms with Gasteiger partial charge in [-0.2, -0.15) is 18.2 Å². The van der Waals surface area contributed by atoms with E-state index in [1.807, 2.05) is 0 Å². The number of hydrogen-bond donors (Lipinski definition) is 1. The highest BCUT2D eigenvalue weighted by Gasteiger charge is 2.30. The van der Waals surface area contributed by atoms with Gasteiger partial charge in [-0.1, -0.05) is 17.3 Å². The molecule has 7 nitrogen and oxygen atoms in total. The van der Waals surface area contributed by atoms with E-state index in [1.165, 1.54) is 12.1 Å². The largest absolute Gasteiger partial charge is 0.456 e. The number of alkyl halides is 3. The number of esters is 1. The van der Waals surface area contributed by atoms with Crippen LogP contribution in [0.1, 0.15) is 34.7 Å². The second-order valence-electron chi connectivity index (χ2n) is 6.73.